The van der Waals surface area contributed by atoms with E-state index in [0.717, 1.165) is 57.8 Å². The molecule has 50 heavy (non-hydrogen) atoms. The van der Waals surface area contributed by atoms with Gasteiger partial charge in [0.2, 0.25) is 0 Å². The molecule has 0 N–H and O–H groups in total. The molecule has 0 rings (SSSR count). The molecule has 0 saturated carbocycles. The van der Waals surface area contributed by atoms with Crippen molar-refractivity contribution < 1.29 is 32.5 Å². The van der Waals surface area contributed by atoms with Gasteiger partial charge in [-0.3, -0.25) is 28.0 Å². The summed E-state index contributed by atoms with van der Waals surface area (Å²) < 4.78 is 33.2. The molecular weight excluding hydrogens is 647 g/mol. The Morgan fingerprint density at radius 3 is 0.820 bits per heavy atom. The molecule has 0 aliphatic rings. The summed E-state index contributed by atoms with van der Waals surface area (Å²) in [5.74, 6) is -1.19. The van der Waals surface area contributed by atoms with E-state index >= 15 is 0 Å². The summed E-state index contributed by atoms with van der Waals surface area (Å²) in [6.45, 7) is 22.8. The highest BCUT2D eigenvalue weighted by Gasteiger charge is 2.42. The average molecular weight is 723 g/mol. The lowest BCUT2D eigenvalue weighted by Crippen LogP contribution is -2.32. The molecule has 0 aliphatic carbocycles. The Morgan fingerprint density at radius 1 is 0.420 bits per heavy atom. The first-order chi connectivity index (χ1) is 23.8. The summed E-state index contributed by atoms with van der Waals surface area (Å²) in [4.78, 5) is 40.2. The summed E-state index contributed by atoms with van der Waals surface area (Å²) in [6, 6.07) is 0. The first-order valence-corrected chi connectivity index (χ1v) is 21.5. The zero-order chi connectivity index (χ0) is 37.8. The van der Waals surface area contributed by atoms with Gasteiger partial charge in [0.1, 0.15) is 18.3 Å². The summed E-state index contributed by atoms with van der Waals surface area (Å²) in [6.07, 6.45) is 19.2. The lowest BCUT2D eigenvalue weighted by atomic mass is 10.0. The van der Waals surface area contributed by atoms with Gasteiger partial charge < -0.3 is 0 Å². The van der Waals surface area contributed by atoms with Gasteiger partial charge >= 0.3 is 7.82 Å². The van der Waals surface area contributed by atoms with Gasteiger partial charge in [0, 0.05) is 0 Å². The van der Waals surface area contributed by atoms with Gasteiger partial charge in [0.05, 0.1) is 0 Å². The van der Waals surface area contributed by atoms with Crippen molar-refractivity contribution in [1.82, 2.24) is 0 Å². The first kappa shape index (κ1) is 48.3. The van der Waals surface area contributed by atoms with Gasteiger partial charge in [0.15, 0.2) is 17.3 Å². The van der Waals surface area contributed by atoms with Crippen molar-refractivity contribution in [2.75, 3.05) is 0 Å². The monoisotopic (exact) mass is 723 g/mol. The maximum absolute atomic E-state index is 14.8. The Balaban J connectivity index is 6.29. The third kappa shape index (κ3) is 23.0. The Bertz CT molecular complexity index is 920. The SMILES string of the molecule is C=C(C)C(=O)C(CCCCCCCCC)OP(=O)(OC(CCCCCCCCC)C(=O)C(=C)C)OC(CCCCCCCCC)C(=O)C(=C)C. The van der Waals surface area contributed by atoms with E-state index in [2.05, 4.69) is 40.5 Å². The molecule has 3 unspecified atom stereocenters. The van der Waals surface area contributed by atoms with Crippen molar-refractivity contribution in [3.05, 3.63) is 36.5 Å². The van der Waals surface area contributed by atoms with Crippen LogP contribution in [0.2, 0.25) is 0 Å². The van der Waals surface area contributed by atoms with E-state index < -0.39 is 43.5 Å². The molecule has 0 aromatic rings. The fourth-order valence-corrected chi connectivity index (χ4v) is 7.61. The molecule has 0 aromatic carbocycles. The lowest BCUT2D eigenvalue weighted by Gasteiger charge is -2.29. The Kier molecular flexibility index (Phi) is 28.9. The second-order valence-electron chi connectivity index (χ2n) is 14.4. The van der Waals surface area contributed by atoms with E-state index in [1.165, 1.54) is 57.8 Å². The number of rotatable bonds is 36. The Hall–Kier alpha value is -1.66. The number of phosphoric ester groups is 1. The van der Waals surface area contributed by atoms with Crippen LogP contribution in [-0.4, -0.2) is 35.7 Å². The van der Waals surface area contributed by atoms with Gasteiger partial charge in [-0.25, -0.2) is 4.57 Å². The molecule has 0 saturated heterocycles. The van der Waals surface area contributed by atoms with Crippen molar-refractivity contribution in [3.8, 4) is 0 Å². The van der Waals surface area contributed by atoms with Crippen LogP contribution in [0.1, 0.15) is 196 Å². The standard InChI is InChI=1S/C42H75O7P/c1-10-13-16-19-22-25-28-31-37(40(43)34(4)5)47-50(46,48-38(41(44)35(6)7)32-29-26-23-20-17-14-11-2)49-39(42(45)36(8)9)33-30-27-24-21-18-15-12-3/h37-39H,4,6,8,10-33H2,1-3,5,7,9H3. The molecule has 0 aliphatic heterocycles. The molecule has 7 nitrogen and oxygen atoms in total. The van der Waals surface area contributed by atoms with Crippen molar-refractivity contribution in [2.45, 2.75) is 214 Å². The first-order valence-electron chi connectivity index (χ1n) is 20.1. The maximum Gasteiger partial charge on any atom is 0.476 e. The van der Waals surface area contributed by atoms with Crippen LogP contribution in [0.5, 0.6) is 0 Å². The van der Waals surface area contributed by atoms with Crippen molar-refractivity contribution in [1.29, 1.82) is 0 Å². The van der Waals surface area contributed by atoms with Crippen molar-refractivity contribution in [3.63, 3.8) is 0 Å². The lowest BCUT2D eigenvalue weighted by molar-refractivity contribution is -0.128. The van der Waals surface area contributed by atoms with E-state index in [-0.39, 0.29) is 16.7 Å². The average Bonchev–Trinajstić information content (AvgIpc) is 3.07. The highest BCUT2D eigenvalue weighted by atomic mass is 31.2. The van der Waals surface area contributed by atoms with Crippen LogP contribution in [0.15, 0.2) is 36.5 Å². The Morgan fingerprint density at radius 2 is 0.620 bits per heavy atom. The molecule has 0 amide bonds. The Labute approximate surface area is 307 Å². The second kappa shape index (κ2) is 29.9. The second-order valence-corrected chi connectivity index (χ2v) is 15.9. The molecule has 0 radical (unpaired) electrons. The normalized spacial score (nSPS) is 14.4. The van der Waals surface area contributed by atoms with Crippen LogP contribution in [-0.2, 0) is 32.5 Å². The highest BCUT2D eigenvalue weighted by Crippen LogP contribution is 2.55. The fraction of sp³-hybridized carbons (Fsp3) is 0.786. The van der Waals surface area contributed by atoms with Crippen LogP contribution < -0.4 is 0 Å². The number of unbranched alkanes of at least 4 members (excludes halogenated alkanes) is 18. The third-order valence-corrected chi connectivity index (χ3v) is 10.7. The number of ketones is 3. The van der Waals surface area contributed by atoms with Crippen LogP contribution in [0.4, 0.5) is 0 Å². The third-order valence-electron chi connectivity index (χ3n) is 9.12. The van der Waals surface area contributed by atoms with Gasteiger partial charge in [0.25, 0.3) is 0 Å². The van der Waals surface area contributed by atoms with E-state index in [1.54, 1.807) is 20.8 Å². The smallest absolute Gasteiger partial charge is 0.292 e. The summed E-state index contributed by atoms with van der Waals surface area (Å²) in [7, 11) is -4.67. The zero-order valence-corrected chi connectivity index (χ0v) is 34.0. The number of Topliss-reactive ketones (excluding diaryl/α,β-unsaturated/α-hetero) is 3. The van der Waals surface area contributed by atoms with Crippen LogP contribution in [0.3, 0.4) is 0 Å². The highest BCUT2D eigenvalue weighted by molar-refractivity contribution is 7.48. The molecule has 0 aromatic heterocycles. The molecule has 290 valence electrons. The minimum atomic E-state index is -4.67. The van der Waals surface area contributed by atoms with Crippen LogP contribution >= 0.6 is 7.82 Å². The van der Waals surface area contributed by atoms with E-state index in [4.69, 9.17) is 13.6 Å². The molecule has 0 fully saturated rings. The molecule has 8 heteroatoms. The minimum absolute atomic E-state index is 0.264. The maximum atomic E-state index is 14.8. The minimum Gasteiger partial charge on any atom is -0.292 e. The van der Waals surface area contributed by atoms with E-state index in [9.17, 15) is 18.9 Å². The van der Waals surface area contributed by atoms with Gasteiger partial charge in [-0.1, -0.05) is 175 Å². The summed E-state index contributed by atoms with van der Waals surface area (Å²) >= 11 is 0. The largest absolute Gasteiger partial charge is 0.476 e. The number of hydrogen-bond acceptors (Lipinski definition) is 7. The van der Waals surface area contributed by atoms with E-state index in [0.29, 0.717) is 38.5 Å². The zero-order valence-electron chi connectivity index (χ0n) is 33.1. The quantitative estimate of drug-likeness (QED) is 0.0361. The summed E-state index contributed by atoms with van der Waals surface area (Å²) in [5, 5.41) is 0. The number of phosphoric acid groups is 1. The predicted octanol–water partition coefficient (Wildman–Crippen LogP) is 13.1. The molecule has 0 heterocycles. The van der Waals surface area contributed by atoms with Gasteiger partial charge in [-0.15, -0.1) is 0 Å². The topological polar surface area (TPSA) is 96.0 Å². The van der Waals surface area contributed by atoms with Crippen LogP contribution in [0, 0.1) is 0 Å². The molecule has 0 spiro atoms. The van der Waals surface area contributed by atoms with Gasteiger partial charge in [-0.2, -0.15) is 0 Å². The fourth-order valence-electron chi connectivity index (χ4n) is 5.92. The summed E-state index contributed by atoms with van der Waals surface area (Å²) in [5.41, 5.74) is 0.791. The number of carbonyl (C=O) groups is 3. The van der Waals surface area contributed by atoms with Crippen molar-refractivity contribution in [2.24, 2.45) is 0 Å². The van der Waals surface area contributed by atoms with E-state index in [1.807, 2.05) is 0 Å². The molecule has 3 atom stereocenters. The van der Waals surface area contributed by atoms with Crippen molar-refractivity contribution >= 4 is 25.2 Å². The van der Waals surface area contributed by atoms with Gasteiger partial charge in [-0.05, 0) is 56.8 Å². The number of carbonyl (C=O) groups excluding carboxylic acids is 3. The molecule has 0 bridgehead atoms. The molecular formula is C42H75O7P. The predicted molar refractivity (Wildman–Crippen MR) is 210 cm³/mol. The van der Waals surface area contributed by atoms with Crippen LogP contribution in [0.25, 0.3) is 0 Å². The number of hydrogen-bond donors (Lipinski definition) is 0.